The standard InChI is InChI=1S/C25H31NO/c1-4-24-23-12-10-18-16-20(27-3)11-13-21(18)22(23)14-15-25(24,2)17-26-19-8-6-5-7-9-19/h5-9,11,13,16,24,26H,4,10,12,14-15,17H2,1-3H3/t24-,25+/m0/s1. The molecule has 0 fully saturated rings. The first kappa shape index (κ1) is 18.2. The van der Waals surface area contributed by atoms with Gasteiger partial charge in [-0.25, -0.2) is 0 Å². The van der Waals surface area contributed by atoms with Crippen LogP contribution in [0.5, 0.6) is 5.75 Å². The molecule has 4 rings (SSSR count). The Bertz CT molecular complexity index is 839. The lowest BCUT2D eigenvalue weighted by Gasteiger charge is -2.46. The molecule has 0 spiro atoms. The van der Waals surface area contributed by atoms with Crippen molar-refractivity contribution < 1.29 is 4.74 Å². The molecule has 2 aliphatic rings. The van der Waals surface area contributed by atoms with Crippen LogP contribution >= 0.6 is 0 Å². The van der Waals surface area contributed by atoms with Crippen molar-refractivity contribution in [2.75, 3.05) is 19.0 Å². The fourth-order valence-corrected chi connectivity index (χ4v) is 5.29. The number of benzene rings is 2. The average Bonchev–Trinajstić information content (AvgIpc) is 2.72. The van der Waals surface area contributed by atoms with Crippen LogP contribution in [0.4, 0.5) is 5.69 Å². The Morgan fingerprint density at radius 1 is 1.07 bits per heavy atom. The summed E-state index contributed by atoms with van der Waals surface area (Å²) in [5.74, 6) is 1.64. The Morgan fingerprint density at radius 2 is 1.89 bits per heavy atom. The molecule has 0 aromatic heterocycles. The van der Waals surface area contributed by atoms with E-state index in [-0.39, 0.29) is 0 Å². The summed E-state index contributed by atoms with van der Waals surface area (Å²) < 4.78 is 5.44. The fraction of sp³-hybridized carbons (Fsp3) is 0.440. The molecule has 2 nitrogen and oxygen atoms in total. The number of hydrogen-bond donors (Lipinski definition) is 1. The van der Waals surface area contributed by atoms with Gasteiger partial charge in [0.05, 0.1) is 7.11 Å². The van der Waals surface area contributed by atoms with Gasteiger partial charge in [0.2, 0.25) is 0 Å². The lowest BCUT2D eigenvalue weighted by Crippen LogP contribution is -2.39. The van der Waals surface area contributed by atoms with Gasteiger partial charge in [0.25, 0.3) is 0 Å². The van der Waals surface area contributed by atoms with E-state index >= 15 is 0 Å². The van der Waals surface area contributed by atoms with E-state index in [0.717, 1.165) is 18.7 Å². The molecule has 2 heteroatoms. The Kier molecular flexibility index (Phi) is 4.99. The fourth-order valence-electron chi connectivity index (χ4n) is 5.29. The number of rotatable bonds is 5. The summed E-state index contributed by atoms with van der Waals surface area (Å²) >= 11 is 0. The highest BCUT2D eigenvalue weighted by Gasteiger charge is 2.41. The number of hydrogen-bond acceptors (Lipinski definition) is 2. The van der Waals surface area contributed by atoms with E-state index in [1.165, 1.54) is 42.5 Å². The van der Waals surface area contributed by atoms with Gasteiger partial charge in [-0.2, -0.15) is 0 Å². The second-order valence-corrected chi connectivity index (χ2v) is 8.36. The molecule has 0 aliphatic heterocycles. The normalized spacial score (nSPS) is 24.2. The van der Waals surface area contributed by atoms with Crippen LogP contribution in [0.15, 0.2) is 54.1 Å². The van der Waals surface area contributed by atoms with Crippen LogP contribution in [0.1, 0.15) is 50.7 Å². The zero-order valence-corrected chi connectivity index (χ0v) is 16.8. The molecule has 142 valence electrons. The van der Waals surface area contributed by atoms with Crippen LogP contribution < -0.4 is 10.1 Å². The highest BCUT2D eigenvalue weighted by Crippen LogP contribution is 2.52. The van der Waals surface area contributed by atoms with Crippen LogP contribution in [0.3, 0.4) is 0 Å². The SMILES string of the molecule is CC[C@H]1C2=C(CC[C@]1(C)CNc1ccccc1)c1ccc(OC)cc1CC2. The van der Waals surface area contributed by atoms with Crippen molar-refractivity contribution in [3.05, 3.63) is 65.2 Å². The third-order valence-corrected chi connectivity index (χ3v) is 6.78. The van der Waals surface area contributed by atoms with E-state index in [9.17, 15) is 0 Å². The lowest BCUT2D eigenvalue weighted by atomic mass is 9.60. The Hall–Kier alpha value is -2.22. The molecule has 0 saturated heterocycles. The second kappa shape index (κ2) is 7.42. The Balaban J connectivity index is 1.61. The molecule has 0 unspecified atom stereocenters. The Labute approximate surface area is 163 Å². The first-order valence-corrected chi connectivity index (χ1v) is 10.3. The molecule has 0 amide bonds. The first-order chi connectivity index (χ1) is 13.1. The number of nitrogens with one attached hydrogen (secondary N) is 1. The summed E-state index contributed by atoms with van der Waals surface area (Å²) in [5.41, 5.74) is 7.84. The molecule has 0 heterocycles. The van der Waals surface area contributed by atoms with Gasteiger partial charge in [0, 0.05) is 12.2 Å². The van der Waals surface area contributed by atoms with Crippen molar-refractivity contribution in [2.24, 2.45) is 11.3 Å². The molecule has 0 radical (unpaired) electrons. The van der Waals surface area contributed by atoms with Gasteiger partial charge in [-0.15, -0.1) is 0 Å². The topological polar surface area (TPSA) is 21.3 Å². The number of fused-ring (bicyclic) bond motifs is 2. The van der Waals surface area contributed by atoms with Crippen molar-refractivity contribution in [2.45, 2.75) is 46.0 Å². The van der Waals surface area contributed by atoms with Crippen molar-refractivity contribution in [1.82, 2.24) is 0 Å². The number of allylic oxidation sites excluding steroid dienone is 2. The minimum Gasteiger partial charge on any atom is -0.497 e. The highest BCUT2D eigenvalue weighted by atomic mass is 16.5. The van der Waals surface area contributed by atoms with Crippen molar-refractivity contribution in [3.63, 3.8) is 0 Å². The predicted octanol–water partition coefficient (Wildman–Crippen LogP) is 6.33. The number of methoxy groups -OCH3 is 1. The molecule has 2 aromatic rings. The molecular formula is C25H31NO. The third-order valence-electron chi connectivity index (χ3n) is 6.78. The molecule has 1 N–H and O–H groups in total. The van der Waals surface area contributed by atoms with E-state index in [1.807, 2.05) is 0 Å². The number of para-hydroxylation sites is 1. The maximum atomic E-state index is 5.44. The van der Waals surface area contributed by atoms with Crippen LogP contribution in [0.2, 0.25) is 0 Å². The summed E-state index contributed by atoms with van der Waals surface area (Å²) in [4.78, 5) is 0. The lowest BCUT2D eigenvalue weighted by molar-refractivity contribution is 0.197. The molecule has 2 atom stereocenters. The molecule has 27 heavy (non-hydrogen) atoms. The van der Waals surface area contributed by atoms with Gasteiger partial charge in [-0.3, -0.25) is 0 Å². The molecular weight excluding hydrogens is 330 g/mol. The maximum Gasteiger partial charge on any atom is 0.119 e. The van der Waals surface area contributed by atoms with E-state index in [2.05, 4.69) is 67.7 Å². The van der Waals surface area contributed by atoms with Crippen LogP contribution in [-0.4, -0.2) is 13.7 Å². The largest absolute Gasteiger partial charge is 0.497 e. The van der Waals surface area contributed by atoms with Crippen molar-refractivity contribution >= 4 is 11.3 Å². The van der Waals surface area contributed by atoms with Crippen LogP contribution in [0, 0.1) is 11.3 Å². The quantitative estimate of drug-likeness (QED) is 0.671. The smallest absolute Gasteiger partial charge is 0.119 e. The summed E-state index contributed by atoms with van der Waals surface area (Å²) in [6.45, 7) is 5.90. The number of ether oxygens (including phenoxy) is 1. The van der Waals surface area contributed by atoms with E-state index in [1.54, 1.807) is 18.3 Å². The number of anilines is 1. The maximum absolute atomic E-state index is 5.44. The van der Waals surface area contributed by atoms with E-state index in [4.69, 9.17) is 4.74 Å². The predicted molar refractivity (Wildman–Crippen MR) is 114 cm³/mol. The van der Waals surface area contributed by atoms with E-state index < -0.39 is 0 Å². The average molecular weight is 362 g/mol. The molecule has 0 bridgehead atoms. The highest BCUT2D eigenvalue weighted by molar-refractivity contribution is 5.75. The molecule has 0 saturated carbocycles. The van der Waals surface area contributed by atoms with Gasteiger partial charge in [0.15, 0.2) is 0 Å². The minimum absolute atomic E-state index is 0.313. The summed E-state index contributed by atoms with van der Waals surface area (Å²) in [7, 11) is 1.76. The monoisotopic (exact) mass is 361 g/mol. The summed E-state index contributed by atoms with van der Waals surface area (Å²) in [5, 5.41) is 3.71. The van der Waals surface area contributed by atoms with Gasteiger partial charge in [-0.1, -0.05) is 43.7 Å². The number of aryl methyl sites for hydroxylation is 1. The second-order valence-electron chi connectivity index (χ2n) is 8.36. The molecule has 2 aliphatic carbocycles. The van der Waals surface area contributed by atoms with Gasteiger partial charge >= 0.3 is 0 Å². The van der Waals surface area contributed by atoms with Gasteiger partial charge in [-0.05, 0) is 84.4 Å². The van der Waals surface area contributed by atoms with Gasteiger partial charge in [0.1, 0.15) is 5.75 Å². The minimum atomic E-state index is 0.313. The van der Waals surface area contributed by atoms with Crippen LogP contribution in [0.25, 0.3) is 5.57 Å². The Morgan fingerprint density at radius 3 is 2.63 bits per heavy atom. The first-order valence-electron chi connectivity index (χ1n) is 10.3. The third kappa shape index (κ3) is 3.38. The summed E-state index contributed by atoms with van der Waals surface area (Å²) in [6, 6.07) is 17.3. The van der Waals surface area contributed by atoms with E-state index in [0.29, 0.717) is 11.3 Å². The molecule has 2 aromatic carbocycles. The van der Waals surface area contributed by atoms with Crippen molar-refractivity contribution in [1.29, 1.82) is 0 Å². The zero-order chi connectivity index (χ0) is 18.9. The van der Waals surface area contributed by atoms with Crippen LogP contribution in [-0.2, 0) is 6.42 Å². The summed E-state index contributed by atoms with van der Waals surface area (Å²) in [6.07, 6.45) is 6.00. The zero-order valence-electron chi connectivity index (χ0n) is 16.8. The van der Waals surface area contributed by atoms with Gasteiger partial charge < -0.3 is 10.1 Å². The van der Waals surface area contributed by atoms with Crippen molar-refractivity contribution in [3.8, 4) is 5.75 Å².